The van der Waals surface area contributed by atoms with Crippen LogP contribution in [0.2, 0.25) is 10.0 Å². The summed E-state index contributed by atoms with van der Waals surface area (Å²) in [6, 6.07) is 5.20. The van der Waals surface area contributed by atoms with Crippen LogP contribution in [0.3, 0.4) is 0 Å². The van der Waals surface area contributed by atoms with Crippen molar-refractivity contribution in [2.45, 2.75) is 19.9 Å². The summed E-state index contributed by atoms with van der Waals surface area (Å²) in [4.78, 5) is 0. The molecule has 0 aliphatic rings. The van der Waals surface area contributed by atoms with Gasteiger partial charge in [0.25, 0.3) is 0 Å². The van der Waals surface area contributed by atoms with Gasteiger partial charge in [0.1, 0.15) is 0 Å². The molecule has 4 nitrogen and oxygen atoms in total. The molecular weight excluding hydrogens is 407 g/mol. The molecule has 0 saturated carbocycles. The van der Waals surface area contributed by atoms with Gasteiger partial charge in [0, 0.05) is 24.3 Å². The van der Waals surface area contributed by atoms with Gasteiger partial charge in [-0.2, -0.15) is 5.10 Å². The first-order valence-corrected chi connectivity index (χ1v) is 8.61. The van der Waals surface area contributed by atoms with Crippen LogP contribution in [0.4, 0.5) is 5.69 Å². The number of rotatable bonds is 5. The summed E-state index contributed by atoms with van der Waals surface area (Å²) in [5.41, 5.74) is 1.68. The molecule has 2 aromatic rings. The lowest BCUT2D eigenvalue weighted by Gasteiger charge is -2.12. The SMILES string of the molecule is Cc1nn(CCCNC(=S)Nc2cc(Cl)ccc2Cl)cc1Br. The Morgan fingerprint density at radius 1 is 1.41 bits per heavy atom. The van der Waals surface area contributed by atoms with E-state index in [4.69, 9.17) is 35.4 Å². The highest BCUT2D eigenvalue weighted by Crippen LogP contribution is 2.25. The van der Waals surface area contributed by atoms with Crippen LogP contribution in [0.1, 0.15) is 12.1 Å². The average Bonchev–Trinajstić information content (AvgIpc) is 2.78. The van der Waals surface area contributed by atoms with Gasteiger partial charge in [0.05, 0.1) is 20.9 Å². The van der Waals surface area contributed by atoms with Gasteiger partial charge in [0.15, 0.2) is 5.11 Å². The van der Waals surface area contributed by atoms with Crippen molar-refractivity contribution in [3.8, 4) is 0 Å². The third-order valence-electron chi connectivity index (χ3n) is 2.91. The topological polar surface area (TPSA) is 41.9 Å². The van der Waals surface area contributed by atoms with Crippen LogP contribution in [0.25, 0.3) is 0 Å². The molecule has 1 heterocycles. The first-order chi connectivity index (χ1) is 10.5. The Hall–Kier alpha value is -0.820. The minimum atomic E-state index is 0.516. The molecule has 0 bridgehead atoms. The maximum atomic E-state index is 6.07. The molecule has 2 rings (SSSR count). The second kappa shape index (κ2) is 8.15. The minimum absolute atomic E-state index is 0.516. The van der Waals surface area contributed by atoms with Crippen LogP contribution in [-0.4, -0.2) is 21.4 Å². The van der Waals surface area contributed by atoms with Crippen LogP contribution in [0.15, 0.2) is 28.9 Å². The van der Waals surface area contributed by atoms with E-state index in [1.54, 1.807) is 18.2 Å². The van der Waals surface area contributed by atoms with Gasteiger partial charge in [-0.05, 0) is 59.7 Å². The zero-order chi connectivity index (χ0) is 16.1. The van der Waals surface area contributed by atoms with E-state index < -0.39 is 0 Å². The highest BCUT2D eigenvalue weighted by Gasteiger charge is 2.04. The van der Waals surface area contributed by atoms with Crippen molar-refractivity contribution in [1.29, 1.82) is 0 Å². The van der Waals surface area contributed by atoms with E-state index in [9.17, 15) is 0 Å². The largest absolute Gasteiger partial charge is 0.362 e. The molecule has 0 fully saturated rings. The molecule has 0 atom stereocenters. The molecule has 118 valence electrons. The molecule has 0 unspecified atom stereocenters. The molecule has 1 aromatic carbocycles. The number of aromatic nitrogens is 2. The van der Waals surface area contributed by atoms with Gasteiger partial charge in [-0.25, -0.2) is 0 Å². The molecule has 0 spiro atoms. The second-order valence-electron chi connectivity index (χ2n) is 4.68. The third-order valence-corrected chi connectivity index (χ3v) is 4.50. The maximum absolute atomic E-state index is 6.07. The Morgan fingerprint density at radius 2 is 2.18 bits per heavy atom. The second-order valence-corrected chi connectivity index (χ2v) is 6.79. The van der Waals surface area contributed by atoms with Crippen molar-refractivity contribution in [2.24, 2.45) is 0 Å². The zero-order valence-corrected chi connectivity index (χ0v) is 15.8. The van der Waals surface area contributed by atoms with Crippen LogP contribution < -0.4 is 10.6 Å². The van der Waals surface area contributed by atoms with Crippen molar-refractivity contribution < 1.29 is 0 Å². The Morgan fingerprint density at radius 3 is 2.86 bits per heavy atom. The number of aryl methyl sites for hydroxylation is 2. The van der Waals surface area contributed by atoms with E-state index in [1.807, 2.05) is 17.8 Å². The van der Waals surface area contributed by atoms with E-state index in [-0.39, 0.29) is 0 Å². The first-order valence-electron chi connectivity index (χ1n) is 6.65. The predicted octanol–water partition coefficient (Wildman–Crippen LogP) is 4.64. The number of halogens is 3. The summed E-state index contributed by atoms with van der Waals surface area (Å²) in [6.45, 7) is 3.52. The molecule has 8 heteroatoms. The smallest absolute Gasteiger partial charge is 0.170 e. The quantitative estimate of drug-likeness (QED) is 0.545. The summed E-state index contributed by atoms with van der Waals surface area (Å²) in [5.74, 6) is 0. The average molecular weight is 422 g/mol. The van der Waals surface area contributed by atoms with Gasteiger partial charge in [-0.15, -0.1) is 0 Å². The van der Waals surface area contributed by atoms with Gasteiger partial charge in [-0.3, -0.25) is 4.68 Å². The lowest BCUT2D eigenvalue weighted by Crippen LogP contribution is -2.29. The van der Waals surface area contributed by atoms with Gasteiger partial charge in [-0.1, -0.05) is 23.2 Å². The first kappa shape index (κ1) is 17.5. The number of nitrogens with zero attached hydrogens (tertiary/aromatic N) is 2. The fraction of sp³-hybridized carbons (Fsp3) is 0.286. The number of nitrogens with one attached hydrogen (secondary N) is 2. The van der Waals surface area contributed by atoms with Crippen molar-refractivity contribution in [3.63, 3.8) is 0 Å². The van der Waals surface area contributed by atoms with Crippen molar-refractivity contribution in [2.75, 3.05) is 11.9 Å². The molecule has 0 radical (unpaired) electrons. The van der Waals surface area contributed by atoms with E-state index in [0.717, 1.165) is 29.7 Å². The molecular formula is C14H15BrCl2N4S. The molecule has 0 saturated heterocycles. The van der Waals surface area contributed by atoms with Crippen LogP contribution in [0.5, 0.6) is 0 Å². The van der Waals surface area contributed by atoms with Gasteiger partial charge >= 0.3 is 0 Å². The lowest BCUT2D eigenvalue weighted by atomic mass is 10.3. The van der Waals surface area contributed by atoms with E-state index in [0.29, 0.717) is 20.8 Å². The van der Waals surface area contributed by atoms with E-state index in [2.05, 4.69) is 31.7 Å². The summed E-state index contributed by atoms with van der Waals surface area (Å²) >= 11 is 20.7. The van der Waals surface area contributed by atoms with Crippen molar-refractivity contribution in [1.82, 2.24) is 15.1 Å². The van der Waals surface area contributed by atoms with Crippen molar-refractivity contribution >= 4 is 62.1 Å². The van der Waals surface area contributed by atoms with E-state index in [1.165, 1.54) is 0 Å². The van der Waals surface area contributed by atoms with Crippen molar-refractivity contribution in [3.05, 3.63) is 44.6 Å². The van der Waals surface area contributed by atoms with Gasteiger partial charge in [0.2, 0.25) is 0 Å². The highest BCUT2D eigenvalue weighted by molar-refractivity contribution is 9.10. The standard InChI is InChI=1S/C14H15BrCl2N4S/c1-9-11(15)8-21(20-9)6-2-5-18-14(22)19-13-7-10(16)3-4-12(13)17/h3-4,7-8H,2,5-6H2,1H3,(H2,18,19,22). The van der Waals surface area contributed by atoms with Crippen LogP contribution in [-0.2, 0) is 6.54 Å². The molecule has 2 N–H and O–H groups in total. The Kier molecular flexibility index (Phi) is 6.50. The molecule has 22 heavy (non-hydrogen) atoms. The minimum Gasteiger partial charge on any atom is -0.362 e. The highest BCUT2D eigenvalue weighted by atomic mass is 79.9. The fourth-order valence-electron chi connectivity index (χ4n) is 1.81. The lowest BCUT2D eigenvalue weighted by molar-refractivity contribution is 0.570. The normalized spacial score (nSPS) is 10.5. The monoisotopic (exact) mass is 420 g/mol. The predicted molar refractivity (Wildman–Crippen MR) is 100.0 cm³/mol. The Bertz CT molecular complexity index is 655. The summed E-state index contributed by atoms with van der Waals surface area (Å²) in [6.07, 6.45) is 2.87. The third kappa shape index (κ3) is 5.12. The number of hydrogen-bond donors (Lipinski definition) is 2. The molecule has 0 aliphatic carbocycles. The Labute approximate surface area is 153 Å². The van der Waals surface area contributed by atoms with Crippen LogP contribution in [0, 0.1) is 6.92 Å². The van der Waals surface area contributed by atoms with Crippen LogP contribution >= 0.6 is 51.3 Å². The number of benzene rings is 1. The van der Waals surface area contributed by atoms with Gasteiger partial charge < -0.3 is 10.6 Å². The summed E-state index contributed by atoms with van der Waals surface area (Å²) < 4.78 is 2.93. The summed E-state index contributed by atoms with van der Waals surface area (Å²) in [7, 11) is 0. The number of thiocarbonyl (C=S) groups is 1. The number of hydrogen-bond acceptors (Lipinski definition) is 2. The van der Waals surface area contributed by atoms with E-state index >= 15 is 0 Å². The maximum Gasteiger partial charge on any atom is 0.170 e. The number of anilines is 1. The molecule has 1 aromatic heterocycles. The Balaban J connectivity index is 1.75. The molecule has 0 amide bonds. The zero-order valence-electron chi connectivity index (χ0n) is 11.9. The molecule has 0 aliphatic heterocycles. The fourth-order valence-corrected chi connectivity index (χ4v) is 2.68. The summed E-state index contributed by atoms with van der Waals surface area (Å²) in [5, 5.41) is 12.2.